The van der Waals surface area contributed by atoms with Crippen LogP contribution in [0.25, 0.3) is 0 Å². The first-order valence-corrected chi connectivity index (χ1v) is 7.52. The zero-order valence-electron chi connectivity index (χ0n) is 13.5. The Kier molecular flexibility index (Phi) is 7.99. The van der Waals surface area contributed by atoms with E-state index in [1.54, 1.807) is 24.1 Å². The van der Waals surface area contributed by atoms with E-state index in [1.807, 2.05) is 26.0 Å². The summed E-state index contributed by atoms with van der Waals surface area (Å²) in [4.78, 5) is 25.6. The summed E-state index contributed by atoms with van der Waals surface area (Å²) in [6.07, 6.45) is 0.895. The fraction of sp³-hybridized carbons (Fsp3) is 0.500. The van der Waals surface area contributed by atoms with Gasteiger partial charge in [-0.05, 0) is 25.1 Å². The first-order chi connectivity index (χ1) is 10.6. The van der Waals surface area contributed by atoms with Crippen molar-refractivity contribution in [2.45, 2.75) is 20.3 Å². The van der Waals surface area contributed by atoms with Crippen LogP contribution in [-0.2, 0) is 9.59 Å². The number of carbonyl (C=O) groups excluding carboxylic acids is 2. The van der Waals surface area contributed by atoms with Crippen molar-refractivity contribution in [2.75, 3.05) is 38.6 Å². The molecule has 0 aliphatic heterocycles. The highest BCUT2D eigenvalue weighted by Crippen LogP contribution is 2.22. The minimum Gasteiger partial charge on any atom is -0.495 e. The monoisotopic (exact) mass is 307 g/mol. The lowest BCUT2D eigenvalue weighted by atomic mass is 10.3. The summed E-state index contributed by atoms with van der Waals surface area (Å²) in [7, 11) is 1.56. The molecule has 1 rings (SSSR count). The third-order valence-electron chi connectivity index (χ3n) is 3.13. The molecule has 122 valence electrons. The van der Waals surface area contributed by atoms with Crippen LogP contribution in [0.15, 0.2) is 24.3 Å². The quantitative estimate of drug-likeness (QED) is 0.725. The average Bonchev–Trinajstić information content (AvgIpc) is 2.52. The highest BCUT2D eigenvalue weighted by molar-refractivity contribution is 5.94. The second-order valence-electron chi connectivity index (χ2n) is 4.90. The number of para-hydroxylation sites is 2. The molecular weight excluding hydrogens is 282 g/mol. The van der Waals surface area contributed by atoms with E-state index in [2.05, 4.69) is 10.6 Å². The van der Waals surface area contributed by atoms with E-state index in [4.69, 9.17) is 4.74 Å². The third kappa shape index (κ3) is 6.13. The zero-order valence-corrected chi connectivity index (χ0v) is 13.5. The molecule has 0 saturated heterocycles. The number of amides is 2. The first kappa shape index (κ1) is 18.0. The molecule has 0 heterocycles. The number of benzene rings is 1. The molecule has 0 spiro atoms. The fourth-order valence-electron chi connectivity index (χ4n) is 1.94. The lowest BCUT2D eigenvalue weighted by Crippen LogP contribution is -2.41. The van der Waals surface area contributed by atoms with Gasteiger partial charge in [0.2, 0.25) is 11.8 Å². The van der Waals surface area contributed by atoms with Crippen molar-refractivity contribution in [3.05, 3.63) is 24.3 Å². The largest absolute Gasteiger partial charge is 0.495 e. The smallest absolute Gasteiger partial charge is 0.238 e. The van der Waals surface area contributed by atoms with Gasteiger partial charge in [-0.2, -0.15) is 0 Å². The van der Waals surface area contributed by atoms with E-state index in [0.29, 0.717) is 24.5 Å². The van der Waals surface area contributed by atoms with Crippen molar-refractivity contribution in [1.29, 1.82) is 0 Å². The number of carbonyl (C=O) groups is 2. The minimum atomic E-state index is -0.172. The van der Waals surface area contributed by atoms with Gasteiger partial charge in [0.15, 0.2) is 0 Å². The third-order valence-corrected chi connectivity index (χ3v) is 3.13. The van der Waals surface area contributed by atoms with Crippen LogP contribution in [0.1, 0.15) is 20.3 Å². The number of nitrogens with one attached hydrogen (secondary N) is 2. The second kappa shape index (κ2) is 9.78. The predicted molar refractivity (Wildman–Crippen MR) is 87.0 cm³/mol. The number of rotatable bonds is 9. The van der Waals surface area contributed by atoms with Crippen molar-refractivity contribution in [3.63, 3.8) is 0 Å². The molecule has 0 unspecified atom stereocenters. The molecule has 0 radical (unpaired) electrons. The number of hydrogen-bond donors (Lipinski definition) is 2. The van der Waals surface area contributed by atoms with E-state index < -0.39 is 0 Å². The van der Waals surface area contributed by atoms with Crippen molar-refractivity contribution < 1.29 is 14.3 Å². The molecule has 22 heavy (non-hydrogen) atoms. The van der Waals surface area contributed by atoms with Crippen molar-refractivity contribution in [1.82, 2.24) is 10.2 Å². The van der Waals surface area contributed by atoms with Crippen molar-refractivity contribution in [3.8, 4) is 5.75 Å². The summed E-state index contributed by atoms with van der Waals surface area (Å²) >= 11 is 0. The van der Waals surface area contributed by atoms with Gasteiger partial charge in [0, 0.05) is 6.54 Å². The maximum atomic E-state index is 12.1. The van der Waals surface area contributed by atoms with Crippen molar-refractivity contribution in [2.24, 2.45) is 0 Å². The Hall–Kier alpha value is -2.08. The Balaban J connectivity index is 2.52. The maximum Gasteiger partial charge on any atom is 0.238 e. The van der Waals surface area contributed by atoms with Gasteiger partial charge >= 0.3 is 0 Å². The Labute approximate surface area is 131 Å². The summed E-state index contributed by atoms with van der Waals surface area (Å²) in [5.74, 6) is 0.378. The molecule has 2 N–H and O–H groups in total. The molecule has 1 aromatic carbocycles. The number of hydrogen-bond acceptors (Lipinski definition) is 4. The summed E-state index contributed by atoms with van der Waals surface area (Å²) < 4.78 is 5.19. The summed E-state index contributed by atoms with van der Waals surface area (Å²) in [6, 6.07) is 7.23. The van der Waals surface area contributed by atoms with Gasteiger partial charge < -0.3 is 15.4 Å². The van der Waals surface area contributed by atoms with Crippen LogP contribution >= 0.6 is 0 Å². The normalized spacial score (nSPS) is 10.4. The zero-order chi connectivity index (χ0) is 16.4. The van der Waals surface area contributed by atoms with Crippen LogP contribution in [0.5, 0.6) is 5.75 Å². The number of nitrogens with zero attached hydrogens (tertiary/aromatic N) is 1. The Bertz CT molecular complexity index is 491. The predicted octanol–water partition coefficient (Wildman–Crippen LogP) is 1.48. The van der Waals surface area contributed by atoms with E-state index in [0.717, 1.165) is 6.42 Å². The highest BCUT2D eigenvalue weighted by atomic mass is 16.5. The summed E-state index contributed by atoms with van der Waals surface area (Å²) in [6.45, 7) is 5.58. The molecule has 0 fully saturated rings. The maximum absolute atomic E-state index is 12.1. The lowest BCUT2D eigenvalue weighted by molar-refractivity contribution is -0.123. The Morgan fingerprint density at radius 3 is 2.45 bits per heavy atom. The van der Waals surface area contributed by atoms with Gasteiger partial charge in [0.25, 0.3) is 0 Å². The molecule has 0 aliphatic rings. The Morgan fingerprint density at radius 1 is 1.14 bits per heavy atom. The SMILES string of the molecule is CCCNC(=O)CN(CC)CC(=O)Nc1ccccc1OC. The highest BCUT2D eigenvalue weighted by Gasteiger charge is 2.14. The molecule has 6 nitrogen and oxygen atoms in total. The van der Waals surface area contributed by atoms with E-state index in [1.165, 1.54) is 0 Å². The van der Waals surface area contributed by atoms with Crippen LogP contribution in [0.4, 0.5) is 5.69 Å². The molecule has 0 aromatic heterocycles. The number of ether oxygens (including phenoxy) is 1. The van der Waals surface area contributed by atoms with Crippen LogP contribution in [-0.4, -0.2) is 50.0 Å². The number of anilines is 1. The molecule has 0 atom stereocenters. The van der Waals surface area contributed by atoms with E-state index in [-0.39, 0.29) is 24.9 Å². The van der Waals surface area contributed by atoms with Gasteiger partial charge in [-0.15, -0.1) is 0 Å². The van der Waals surface area contributed by atoms with E-state index in [9.17, 15) is 9.59 Å². The van der Waals surface area contributed by atoms with Crippen molar-refractivity contribution >= 4 is 17.5 Å². The molecule has 0 aliphatic carbocycles. The van der Waals surface area contributed by atoms with Crippen LogP contribution in [0.2, 0.25) is 0 Å². The molecule has 2 amide bonds. The number of methoxy groups -OCH3 is 1. The van der Waals surface area contributed by atoms with Gasteiger partial charge in [-0.1, -0.05) is 26.0 Å². The van der Waals surface area contributed by atoms with Crippen LogP contribution in [0, 0.1) is 0 Å². The fourth-order valence-corrected chi connectivity index (χ4v) is 1.94. The molecule has 6 heteroatoms. The summed E-state index contributed by atoms with van der Waals surface area (Å²) in [5, 5.41) is 5.61. The molecular formula is C16H25N3O3. The second-order valence-corrected chi connectivity index (χ2v) is 4.90. The minimum absolute atomic E-state index is 0.0613. The van der Waals surface area contributed by atoms with Gasteiger partial charge in [-0.3, -0.25) is 14.5 Å². The van der Waals surface area contributed by atoms with Gasteiger partial charge in [-0.25, -0.2) is 0 Å². The van der Waals surface area contributed by atoms with Crippen LogP contribution < -0.4 is 15.4 Å². The van der Waals surface area contributed by atoms with Gasteiger partial charge in [0.1, 0.15) is 5.75 Å². The number of likely N-dealkylation sites (N-methyl/N-ethyl adjacent to an activating group) is 1. The standard InChI is InChI=1S/C16H25N3O3/c1-4-10-17-15(20)11-19(5-2)12-16(21)18-13-8-6-7-9-14(13)22-3/h6-9H,4-5,10-12H2,1-3H3,(H,17,20)(H,18,21). The average molecular weight is 307 g/mol. The first-order valence-electron chi connectivity index (χ1n) is 7.52. The molecule has 0 bridgehead atoms. The van der Waals surface area contributed by atoms with Crippen LogP contribution in [0.3, 0.4) is 0 Å². The van der Waals surface area contributed by atoms with Gasteiger partial charge in [0.05, 0.1) is 25.9 Å². The van der Waals surface area contributed by atoms with E-state index >= 15 is 0 Å². The summed E-state index contributed by atoms with van der Waals surface area (Å²) in [5.41, 5.74) is 0.626. The Morgan fingerprint density at radius 2 is 1.82 bits per heavy atom. The molecule has 0 saturated carbocycles. The topological polar surface area (TPSA) is 70.7 Å². The molecule has 1 aromatic rings. The lowest BCUT2D eigenvalue weighted by Gasteiger charge is -2.19.